The first kappa shape index (κ1) is 17.6. The summed E-state index contributed by atoms with van der Waals surface area (Å²) in [6, 6.07) is 4.05. The molecule has 134 valence electrons. The first-order valence-corrected chi connectivity index (χ1v) is 8.76. The number of hydrogen-bond acceptors (Lipinski definition) is 5. The molecule has 25 heavy (non-hydrogen) atoms. The fourth-order valence-electron chi connectivity index (χ4n) is 3.03. The molecule has 1 aromatic heterocycles. The molecule has 0 saturated heterocycles. The van der Waals surface area contributed by atoms with Crippen LogP contribution in [0, 0.1) is 20.8 Å². The second kappa shape index (κ2) is 6.96. The Morgan fingerprint density at radius 2 is 1.96 bits per heavy atom. The van der Waals surface area contributed by atoms with E-state index >= 15 is 0 Å². The van der Waals surface area contributed by atoms with Gasteiger partial charge >= 0.3 is 0 Å². The number of amides is 1. The van der Waals surface area contributed by atoms with Crippen LogP contribution in [0.2, 0.25) is 0 Å². The van der Waals surface area contributed by atoms with Crippen LogP contribution in [0.4, 0.5) is 5.69 Å². The minimum atomic E-state index is -0.106. The Kier molecular flexibility index (Phi) is 4.90. The highest BCUT2D eigenvalue weighted by Gasteiger charge is 2.30. The third kappa shape index (κ3) is 4.07. The highest BCUT2D eigenvalue weighted by molar-refractivity contribution is 5.93. The molecule has 0 spiro atoms. The topological polar surface area (TPSA) is 71.3 Å². The van der Waals surface area contributed by atoms with E-state index in [1.165, 1.54) is 5.56 Å². The van der Waals surface area contributed by atoms with Gasteiger partial charge in [0, 0.05) is 11.6 Å². The van der Waals surface area contributed by atoms with Gasteiger partial charge in [0.25, 0.3) is 0 Å². The Labute approximate surface area is 148 Å². The summed E-state index contributed by atoms with van der Waals surface area (Å²) in [5.41, 5.74) is 4.24. The van der Waals surface area contributed by atoms with Crippen LogP contribution in [0.25, 0.3) is 0 Å². The zero-order valence-electron chi connectivity index (χ0n) is 15.6. The molecule has 1 unspecified atom stereocenters. The van der Waals surface area contributed by atoms with Crippen molar-refractivity contribution in [2.45, 2.75) is 52.5 Å². The van der Waals surface area contributed by atoms with Crippen LogP contribution in [0.5, 0.6) is 0 Å². The lowest BCUT2D eigenvalue weighted by Crippen LogP contribution is -2.32. The van der Waals surface area contributed by atoms with E-state index in [0.717, 1.165) is 35.5 Å². The van der Waals surface area contributed by atoms with Crippen LogP contribution >= 0.6 is 0 Å². The number of nitrogens with one attached hydrogen (secondary N) is 1. The van der Waals surface area contributed by atoms with Gasteiger partial charge in [0.1, 0.15) is 0 Å². The van der Waals surface area contributed by atoms with Crippen LogP contribution in [0.3, 0.4) is 0 Å². The van der Waals surface area contributed by atoms with Gasteiger partial charge in [-0.2, -0.15) is 4.98 Å². The van der Waals surface area contributed by atoms with Gasteiger partial charge in [-0.25, -0.2) is 0 Å². The number of hydrogen-bond donors (Lipinski definition) is 1. The fraction of sp³-hybridized carbons (Fsp3) is 0.526. The lowest BCUT2D eigenvalue weighted by Gasteiger charge is -2.21. The Balaban J connectivity index is 1.61. The molecule has 1 heterocycles. The Morgan fingerprint density at radius 3 is 2.56 bits per heavy atom. The summed E-state index contributed by atoms with van der Waals surface area (Å²) in [5.74, 6) is 1.78. The number of rotatable bonds is 6. The zero-order chi connectivity index (χ0) is 18.1. The molecule has 3 rings (SSSR count). The largest absolute Gasteiger partial charge is 0.338 e. The summed E-state index contributed by atoms with van der Waals surface area (Å²) in [6.45, 7) is 8.32. The van der Waals surface area contributed by atoms with Gasteiger partial charge in [-0.3, -0.25) is 9.69 Å². The molecule has 1 aliphatic rings. The summed E-state index contributed by atoms with van der Waals surface area (Å²) in [5, 5.41) is 7.08. The van der Waals surface area contributed by atoms with Gasteiger partial charge in [-0.1, -0.05) is 22.9 Å². The van der Waals surface area contributed by atoms with Crippen molar-refractivity contribution in [1.29, 1.82) is 0 Å². The number of carbonyl (C=O) groups is 1. The quantitative estimate of drug-likeness (QED) is 0.870. The monoisotopic (exact) mass is 342 g/mol. The third-order valence-corrected chi connectivity index (χ3v) is 4.75. The smallest absolute Gasteiger partial charge is 0.243 e. The number of aromatic nitrogens is 2. The maximum Gasteiger partial charge on any atom is 0.243 e. The maximum atomic E-state index is 12.5. The lowest BCUT2D eigenvalue weighted by atomic mass is 10.1. The van der Waals surface area contributed by atoms with E-state index in [0.29, 0.717) is 11.8 Å². The number of aryl methyl sites for hydroxylation is 3. The molecule has 1 aromatic carbocycles. The van der Waals surface area contributed by atoms with Crippen LogP contribution in [-0.4, -0.2) is 34.5 Å². The summed E-state index contributed by atoms with van der Waals surface area (Å²) in [4.78, 5) is 18.8. The predicted molar refractivity (Wildman–Crippen MR) is 96.6 cm³/mol. The van der Waals surface area contributed by atoms with Crippen LogP contribution in [0.1, 0.15) is 60.1 Å². The lowest BCUT2D eigenvalue weighted by molar-refractivity contribution is -0.117. The van der Waals surface area contributed by atoms with Gasteiger partial charge in [0.05, 0.1) is 12.6 Å². The van der Waals surface area contributed by atoms with Gasteiger partial charge in [0.15, 0.2) is 5.82 Å². The van der Waals surface area contributed by atoms with Crippen molar-refractivity contribution in [2.75, 3.05) is 18.9 Å². The maximum absolute atomic E-state index is 12.5. The van der Waals surface area contributed by atoms with E-state index in [4.69, 9.17) is 4.52 Å². The molecule has 1 amide bonds. The zero-order valence-corrected chi connectivity index (χ0v) is 15.6. The molecular formula is C19H26N4O2. The minimum absolute atomic E-state index is 0.0497. The molecule has 6 nitrogen and oxygen atoms in total. The van der Waals surface area contributed by atoms with E-state index in [-0.39, 0.29) is 18.5 Å². The summed E-state index contributed by atoms with van der Waals surface area (Å²) in [7, 11) is 1.89. The molecule has 6 heteroatoms. The molecule has 1 atom stereocenters. The van der Waals surface area contributed by atoms with Gasteiger partial charge < -0.3 is 9.84 Å². The Morgan fingerprint density at radius 1 is 1.32 bits per heavy atom. The van der Waals surface area contributed by atoms with Crippen LogP contribution in [-0.2, 0) is 4.79 Å². The highest BCUT2D eigenvalue weighted by Crippen LogP contribution is 2.38. The van der Waals surface area contributed by atoms with E-state index < -0.39 is 0 Å². The predicted octanol–water partition coefficient (Wildman–Crippen LogP) is 3.50. The molecule has 1 fully saturated rings. The average molecular weight is 342 g/mol. The van der Waals surface area contributed by atoms with Crippen LogP contribution < -0.4 is 5.32 Å². The Hall–Kier alpha value is -2.21. The molecular weight excluding hydrogens is 316 g/mol. The average Bonchev–Trinajstić information content (AvgIpc) is 3.27. The SMILES string of the molecule is Cc1cc(C)c(NC(=O)CN(C)C(C)c2nc(C3CC3)no2)c(C)c1. The second-order valence-corrected chi connectivity index (χ2v) is 7.18. The van der Waals surface area contributed by atoms with E-state index in [9.17, 15) is 4.79 Å². The first-order valence-electron chi connectivity index (χ1n) is 8.76. The standard InChI is InChI=1S/C19H26N4O2/c1-11-8-12(2)17(13(3)9-11)20-16(24)10-23(5)14(4)19-21-18(22-25-19)15-6-7-15/h8-9,14-15H,6-7,10H2,1-5H3,(H,20,24). The van der Waals surface area contributed by atoms with Gasteiger partial charge in [0.2, 0.25) is 11.8 Å². The fourth-order valence-corrected chi connectivity index (χ4v) is 3.03. The van der Waals surface area contributed by atoms with Crippen molar-refractivity contribution < 1.29 is 9.32 Å². The molecule has 0 aliphatic heterocycles. The Bertz CT molecular complexity index is 756. The highest BCUT2D eigenvalue weighted by atomic mass is 16.5. The summed E-state index contributed by atoms with van der Waals surface area (Å²) < 4.78 is 5.37. The minimum Gasteiger partial charge on any atom is -0.338 e. The molecule has 1 saturated carbocycles. The van der Waals surface area contributed by atoms with E-state index in [2.05, 4.69) is 34.5 Å². The summed E-state index contributed by atoms with van der Waals surface area (Å²) in [6.07, 6.45) is 2.28. The van der Waals surface area contributed by atoms with Crippen molar-refractivity contribution >= 4 is 11.6 Å². The van der Waals surface area contributed by atoms with Crippen molar-refractivity contribution in [1.82, 2.24) is 15.0 Å². The van der Waals surface area contributed by atoms with Crippen molar-refractivity contribution in [3.05, 3.63) is 40.5 Å². The third-order valence-electron chi connectivity index (χ3n) is 4.75. The molecule has 2 aromatic rings. The normalized spacial score (nSPS) is 15.4. The van der Waals surface area contributed by atoms with Crippen molar-refractivity contribution in [3.63, 3.8) is 0 Å². The molecule has 1 N–H and O–H groups in total. The number of benzene rings is 1. The number of carbonyl (C=O) groups excluding carboxylic acids is 1. The van der Waals surface area contributed by atoms with E-state index in [1.807, 2.05) is 32.7 Å². The molecule has 1 aliphatic carbocycles. The van der Waals surface area contributed by atoms with Crippen molar-refractivity contribution in [2.24, 2.45) is 0 Å². The molecule has 0 bridgehead atoms. The molecule has 0 radical (unpaired) electrons. The van der Waals surface area contributed by atoms with Crippen LogP contribution in [0.15, 0.2) is 16.7 Å². The van der Waals surface area contributed by atoms with Gasteiger partial charge in [-0.15, -0.1) is 0 Å². The number of anilines is 1. The number of nitrogens with zero attached hydrogens (tertiary/aromatic N) is 3. The second-order valence-electron chi connectivity index (χ2n) is 7.18. The summed E-state index contributed by atoms with van der Waals surface area (Å²) >= 11 is 0. The number of likely N-dealkylation sites (N-methyl/N-ethyl adjacent to an activating group) is 1. The van der Waals surface area contributed by atoms with Gasteiger partial charge in [-0.05, 0) is 58.7 Å². The first-order chi connectivity index (χ1) is 11.8. The van der Waals surface area contributed by atoms with Crippen molar-refractivity contribution in [3.8, 4) is 0 Å². The van der Waals surface area contributed by atoms with E-state index in [1.54, 1.807) is 0 Å².